The van der Waals surface area contributed by atoms with Crippen LogP contribution in [0.3, 0.4) is 0 Å². The van der Waals surface area contributed by atoms with Gasteiger partial charge in [-0.1, -0.05) is 30.7 Å². The summed E-state index contributed by atoms with van der Waals surface area (Å²) in [5, 5.41) is 7.80. The fourth-order valence-corrected chi connectivity index (χ4v) is 2.71. The van der Waals surface area contributed by atoms with Crippen molar-refractivity contribution in [2.75, 3.05) is 5.32 Å². The van der Waals surface area contributed by atoms with Crippen LogP contribution in [0, 0.1) is 6.92 Å². The molecule has 6 heteroatoms. The molecule has 0 saturated heterocycles. The molecule has 0 unspecified atom stereocenters. The summed E-state index contributed by atoms with van der Waals surface area (Å²) in [6, 6.07) is 12.9. The molecule has 0 bridgehead atoms. The quantitative estimate of drug-likeness (QED) is 0.779. The number of pyridine rings is 1. The molecule has 0 atom stereocenters. The molecule has 0 aliphatic carbocycles. The highest BCUT2D eigenvalue weighted by molar-refractivity contribution is 6.30. The van der Waals surface area contributed by atoms with Crippen molar-refractivity contribution in [2.24, 2.45) is 0 Å². The third kappa shape index (κ3) is 3.31. The number of nitrogens with one attached hydrogen (secondary N) is 1. The number of benzene rings is 1. The van der Waals surface area contributed by atoms with E-state index in [1.807, 2.05) is 44.2 Å². The maximum Gasteiger partial charge on any atom is 0.260 e. The van der Waals surface area contributed by atoms with Crippen molar-refractivity contribution in [1.29, 1.82) is 0 Å². The summed E-state index contributed by atoms with van der Waals surface area (Å²) in [5.41, 5.74) is 3.02. The molecule has 0 spiro atoms. The first-order valence-corrected chi connectivity index (χ1v) is 8.04. The minimum Gasteiger partial charge on any atom is -0.306 e. The van der Waals surface area contributed by atoms with Gasteiger partial charge in [-0.25, -0.2) is 9.67 Å². The number of carbonyl (C=O) groups is 1. The number of hydrogen-bond donors (Lipinski definition) is 1. The standard InChI is InChI=1S/C18H17ClN4O/c1-3-16-15(18(24)22-17-9-4-6-12(2)21-17)11-20-23(16)14-8-5-7-13(19)10-14/h4-11H,3H2,1-2H3,(H,21,22,24). The molecule has 122 valence electrons. The fraction of sp³-hybridized carbons (Fsp3) is 0.167. The Morgan fingerprint density at radius 2 is 2.04 bits per heavy atom. The van der Waals surface area contributed by atoms with Crippen LogP contribution in [0.25, 0.3) is 5.69 Å². The molecule has 2 heterocycles. The molecule has 1 N–H and O–H groups in total. The maximum absolute atomic E-state index is 12.6. The Morgan fingerprint density at radius 1 is 1.25 bits per heavy atom. The predicted molar refractivity (Wildman–Crippen MR) is 94.9 cm³/mol. The highest BCUT2D eigenvalue weighted by Gasteiger charge is 2.17. The average molecular weight is 341 g/mol. The summed E-state index contributed by atoms with van der Waals surface area (Å²) in [5.74, 6) is 0.302. The third-order valence-corrected chi connectivity index (χ3v) is 3.87. The number of halogens is 1. The molecular formula is C18H17ClN4O. The van der Waals surface area contributed by atoms with E-state index in [4.69, 9.17) is 11.6 Å². The van der Waals surface area contributed by atoms with Crippen LogP contribution in [0.5, 0.6) is 0 Å². The molecule has 1 amide bonds. The van der Waals surface area contributed by atoms with Crippen LogP contribution >= 0.6 is 11.6 Å². The highest BCUT2D eigenvalue weighted by atomic mass is 35.5. The predicted octanol–water partition coefficient (Wildman–Crippen LogP) is 4.04. The molecule has 0 saturated carbocycles. The summed E-state index contributed by atoms with van der Waals surface area (Å²) < 4.78 is 1.74. The van der Waals surface area contributed by atoms with E-state index in [0.717, 1.165) is 17.1 Å². The number of amides is 1. The van der Waals surface area contributed by atoms with Gasteiger partial charge in [-0.15, -0.1) is 0 Å². The number of anilines is 1. The third-order valence-electron chi connectivity index (χ3n) is 3.63. The smallest absolute Gasteiger partial charge is 0.260 e. The zero-order valence-corrected chi connectivity index (χ0v) is 14.2. The van der Waals surface area contributed by atoms with Crippen LogP contribution < -0.4 is 5.32 Å². The number of hydrogen-bond acceptors (Lipinski definition) is 3. The van der Waals surface area contributed by atoms with Crippen molar-refractivity contribution in [1.82, 2.24) is 14.8 Å². The van der Waals surface area contributed by atoms with Gasteiger partial charge in [0.15, 0.2) is 0 Å². The summed E-state index contributed by atoms with van der Waals surface area (Å²) in [4.78, 5) is 16.9. The second-order valence-electron chi connectivity index (χ2n) is 5.37. The molecular weight excluding hydrogens is 324 g/mol. The molecule has 3 rings (SSSR count). The molecule has 24 heavy (non-hydrogen) atoms. The molecule has 2 aromatic heterocycles. The van der Waals surface area contributed by atoms with Crippen molar-refractivity contribution in [3.8, 4) is 5.69 Å². The van der Waals surface area contributed by atoms with Gasteiger partial charge in [0, 0.05) is 10.7 Å². The normalized spacial score (nSPS) is 10.6. The monoisotopic (exact) mass is 340 g/mol. The SMILES string of the molecule is CCc1c(C(=O)Nc2cccc(C)n2)cnn1-c1cccc(Cl)c1. The van der Waals surface area contributed by atoms with Crippen molar-refractivity contribution < 1.29 is 4.79 Å². The van der Waals surface area contributed by atoms with Gasteiger partial charge in [-0.3, -0.25) is 4.79 Å². The van der Waals surface area contributed by atoms with Gasteiger partial charge in [-0.05, 0) is 43.7 Å². The Bertz CT molecular complexity index is 888. The number of rotatable bonds is 4. The fourth-order valence-electron chi connectivity index (χ4n) is 2.53. The zero-order chi connectivity index (χ0) is 17.1. The second-order valence-corrected chi connectivity index (χ2v) is 5.80. The number of carbonyl (C=O) groups excluding carboxylic acids is 1. The summed E-state index contributed by atoms with van der Waals surface area (Å²) in [6.45, 7) is 3.87. The Kier molecular flexibility index (Phi) is 4.62. The molecule has 0 fully saturated rings. The minimum atomic E-state index is -0.224. The Morgan fingerprint density at radius 3 is 2.75 bits per heavy atom. The topological polar surface area (TPSA) is 59.8 Å². The Balaban J connectivity index is 1.93. The van der Waals surface area contributed by atoms with Crippen molar-refractivity contribution in [3.05, 3.63) is 70.6 Å². The van der Waals surface area contributed by atoms with Gasteiger partial charge >= 0.3 is 0 Å². The van der Waals surface area contributed by atoms with E-state index in [1.54, 1.807) is 23.0 Å². The zero-order valence-electron chi connectivity index (χ0n) is 13.5. The second kappa shape index (κ2) is 6.84. The Labute approximate surface area is 145 Å². The molecule has 0 aliphatic heterocycles. The lowest BCUT2D eigenvalue weighted by molar-refractivity contribution is 0.102. The molecule has 5 nitrogen and oxygen atoms in total. The molecule has 0 aliphatic rings. The van der Waals surface area contributed by atoms with Crippen molar-refractivity contribution in [2.45, 2.75) is 20.3 Å². The van der Waals surface area contributed by atoms with E-state index in [-0.39, 0.29) is 5.91 Å². The van der Waals surface area contributed by atoms with Crippen LogP contribution in [0.1, 0.15) is 28.7 Å². The van der Waals surface area contributed by atoms with Gasteiger partial charge in [0.25, 0.3) is 5.91 Å². The summed E-state index contributed by atoms with van der Waals surface area (Å²) >= 11 is 6.05. The maximum atomic E-state index is 12.6. The number of aryl methyl sites for hydroxylation is 1. The number of aromatic nitrogens is 3. The largest absolute Gasteiger partial charge is 0.306 e. The molecule has 1 aromatic carbocycles. The van der Waals surface area contributed by atoms with Gasteiger partial charge in [-0.2, -0.15) is 5.10 Å². The Hall–Kier alpha value is -2.66. The summed E-state index contributed by atoms with van der Waals surface area (Å²) in [7, 11) is 0. The summed E-state index contributed by atoms with van der Waals surface area (Å²) in [6.07, 6.45) is 2.24. The first kappa shape index (κ1) is 16.2. The van der Waals surface area contributed by atoms with Gasteiger partial charge in [0.2, 0.25) is 0 Å². The lowest BCUT2D eigenvalue weighted by Crippen LogP contribution is -2.15. The van der Waals surface area contributed by atoms with Crippen LogP contribution in [-0.2, 0) is 6.42 Å². The minimum absolute atomic E-state index is 0.224. The van der Waals surface area contributed by atoms with E-state index < -0.39 is 0 Å². The lowest BCUT2D eigenvalue weighted by Gasteiger charge is -2.09. The lowest BCUT2D eigenvalue weighted by atomic mass is 10.2. The van der Waals surface area contributed by atoms with Crippen molar-refractivity contribution in [3.63, 3.8) is 0 Å². The van der Waals surface area contributed by atoms with Crippen LogP contribution in [0.15, 0.2) is 48.7 Å². The number of nitrogens with zero attached hydrogens (tertiary/aromatic N) is 3. The van der Waals surface area contributed by atoms with E-state index in [2.05, 4.69) is 15.4 Å². The van der Waals surface area contributed by atoms with E-state index in [0.29, 0.717) is 22.8 Å². The van der Waals surface area contributed by atoms with Crippen molar-refractivity contribution >= 4 is 23.3 Å². The first-order chi connectivity index (χ1) is 11.6. The average Bonchev–Trinajstić information content (AvgIpc) is 2.99. The van der Waals surface area contributed by atoms with Crippen LogP contribution in [0.4, 0.5) is 5.82 Å². The van der Waals surface area contributed by atoms with E-state index in [1.165, 1.54) is 0 Å². The van der Waals surface area contributed by atoms with Crippen LogP contribution in [0.2, 0.25) is 5.02 Å². The molecule has 0 radical (unpaired) electrons. The first-order valence-electron chi connectivity index (χ1n) is 7.66. The highest BCUT2D eigenvalue weighted by Crippen LogP contribution is 2.20. The van der Waals surface area contributed by atoms with Gasteiger partial charge in [0.1, 0.15) is 5.82 Å². The van der Waals surface area contributed by atoms with Gasteiger partial charge in [0.05, 0.1) is 23.1 Å². The van der Waals surface area contributed by atoms with Crippen LogP contribution in [-0.4, -0.2) is 20.7 Å². The van der Waals surface area contributed by atoms with Gasteiger partial charge < -0.3 is 5.32 Å². The van der Waals surface area contributed by atoms with E-state index >= 15 is 0 Å². The molecule has 3 aromatic rings. The van der Waals surface area contributed by atoms with E-state index in [9.17, 15) is 4.79 Å².